The van der Waals surface area contributed by atoms with E-state index in [1.807, 2.05) is 49.0 Å². The second kappa shape index (κ2) is 8.48. The predicted octanol–water partition coefficient (Wildman–Crippen LogP) is 2.81. The van der Waals surface area contributed by atoms with Crippen LogP contribution in [0.2, 0.25) is 5.02 Å². The van der Waals surface area contributed by atoms with E-state index >= 15 is 0 Å². The van der Waals surface area contributed by atoms with Gasteiger partial charge in [0.25, 0.3) is 0 Å². The number of guanidine groups is 1. The van der Waals surface area contributed by atoms with Crippen molar-refractivity contribution in [3.63, 3.8) is 0 Å². The number of hydrogen-bond donors (Lipinski definition) is 2. The van der Waals surface area contributed by atoms with E-state index in [1.54, 1.807) is 7.05 Å². The van der Waals surface area contributed by atoms with Crippen molar-refractivity contribution in [2.45, 2.75) is 19.6 Å². The van der Waals surface area contributed by atoms with E-state index in [-0.39, 0.29) is 6.10 Å². The first-order valence-corrected chi connectivity index (χ1v) is 7.93. The zero-order valence-corrected chi connectivity index (χ0v) is 14.5. The number of aryl methyl sites for hydroxylation is 1. The molecule has 0 aliphatic heterocycles. The highest BCUT2D eigenvalue weighted by molar-refractivity contribution is 6.32. The van der Waals surface area contributed by atoms with Crippen molar-refractivity contribution in [1.82, 2.24) is 15.2 Å². The van der Waals surface area contributed by atoms with E-state index in [4.69, 9.17) is 16.3 Å². The molecule has 0 saturated carbocycles. The molecule has 0 aliphatic carbocycles. The van der Waals surface area contributed by atoms with Gasteiger partial charge in [0.1, 0.15) is 11.9 Å². The number of ether oxygens (including phenoxy) is 1. The fourth-order valence-electron chi connectivity index (χ4n) is 2.11. The van der Waals surface area contributed by atoms with Crippen LogP contribution in [0.4, 0.5) is 0 Å². The van der Waals surface area contributed by atoms with E-state index in [0.29, 0.717) is 17.3 Å². The molecule has 1 unspecified atom stereocenters. The van der Waals surface area contributed by atoms with E-state index in [1.165, 1.54) is 5.56 Å². The second-order valence-corrected chi connectivity index (χ2v) is 5.76. The summed E-state index contributed by atoms with van der Waals surface area (Å²) in [5.74, 6) is 1.43. The molecule has 0 saturated heterocycles. The Hall–Kier alpha value is -2.14. The van der Waals surface area contributed by atoms with Gasteiger partial charge >= 0.3 is 0 Å². The standard InChI is InChI=1S/C17H23ClN4O/c1-13(23-16-7-5-4-6-15(16)18)10-20-17(19-2)21-11-14-8-9-22(3)12-14/h4-9,12-13H,10-11H2,1-3H3,(H2,19,20,21). The molecule has 23 heavy (non-hydrogen) atoms. The summed E-state index contributed by atoms with van der Waals surface area (Å²) in [5.41, 5.74) is 1.20. The van der Waals surface area contributed by atoms with Crippen LogP contribution in [0.25, 0.3) is 0 Å². The summed E-state index contributed by atoms with van der Waals surface area (Å²) in [6.45, 7) is 3.33. The molecule has 2 N–H and O–H groups in total. The summed E-state index contributed by atoms with van der Waals surface area (Å²) >= 11 is 6.09. The summed E-state index contributed by atoms with van der Waals surface area (Å²) in [5, 5.41) is 7.14. The summed E-state index contributed by atoms with van der Waals surface area (Å²) in [7, 11) is 3.75. The highest BCUT2D eigenvalue weighted by atomic mass is 35.5. The predicted molar refractivity (Wildman–Crippen MR) is 95.2 cm³/mol. The van der Waals surface area contributed by atoms with Gasteiger partial charge in [0, 0.05) is 33.0 Å². The topological polar surface area (TPSA) is 50.6 Å². The van der Waals surface area contributed by atoms with Gasteiger partial charge in [-0.05, 0) is 30.7 Å². The molecule has 6 heteroatoms. The fourth-order valence-corrected chi connectivity index (χ4v) is 2.29. The maximum absolute atomic E-state index is 6.09. The number of para-hydroxylation sites is 1. The van der Waals surface area contributed by atoms with Crippen molar-refractivity contribution in [2.75, 3.05) is 13.6 Å². The first kappa shape index (κ1) is 17.2. The van der Waals surface area contributed by atoms with Crippen LogP contribution in [-0.2, 0) is 13.6 Å². The molecule has 5 nitrogen and oxygen atoms in total. The number of nitrogens with zero attached hydrogens (tertiary/aromatic N) is 2. The molecule has 0 aliphatic rings. The zero-order chi connectivity index (χ0) is 16.7. The van der Waals surface area contributed by atoms with Gasteiger partial charge in [-0.3, -0.25) is 4.99 Å². The Bertz CT molecular complexity index is 654. The summed E-state index contributed by atoms with van der Waals surface area (Å²) in [6, 6.07) is 9.54. The van der Waals surface area contributed by atoms with Gasteiger partial charge in [-0.1, -0.05) is 23.7 Å². The van der Waals surface area contributed by atoms with Gasteiger partial charge < -0.3 is 19.9 Å². The molecule has 0 fully saturated rings. The zero-order valence-electron chi connectivity index (χ0n) is 13.7. The van der Waals surface area contributed by atoms with Crippen molar-refractivity contribution in [3.8, 4) is 5.75 Å². The molecule has 0 amide bonds. The maximum Gasteiger partial charge on any atom is 0.191 e. The van der Waals surface area contributed by atoms with Crippen LogP contribution in [-0.4, -0.2) is 30.2 Å². The number of benzene rings is 1. The van der Waals surface area contributed by atoms with Gasteiger partial charge in [0.2, 0.25) is 0 Å². The third kappa shape index (κ3) is 5.53. The minimum atomic E-state index is -0.0369. The normalized spacial score (nSPS) is 12.8. The van der Waals surface area contributed by atoms with Crippen LogP contribution in [0.1, 0.15) is 12.5 Å². The third-order valence-corrected chi connectivity index (χ3v) is 3.61. The fraction of sp³-hybridized carbons (Fsp3) is 0.353. The summed E-state index contributed by atoms with van der Waals surface area (Å²) in [4.78, 5) is 4.21. The Morgan fingerprint density at radius 3 is 2.74 bits per heavy atom. The quantitative estimate of drug-likeness (QED) is 0.631. The molecule has 1 aromatic heterocycles. The van der Waals surface area contributed by atoms with Gasteiger partial charge in [-0.15, -0.1) is 0 Å². The van der Waals surface area contributed by atoms with Crippen LogP contribution < -0.4 is 15.4 Å². The van der Waals surface area contributed by atoms with Crippen molar-refractivity contribution in [1.29, 1.82) is 0 Å². The Morgan fingerprint density at radius 1 is 1.30 bits per heavy atom. The number of rotatable bonds is 6. The molecule has 0 spiro atoms. The lowest BCUT2D eigenvalue weighted by atomic mass is 10.3. The lowest BCUT2D eigenvalue weighted by Gasteiger charge is -2.18. The Kier molecular flexibility index (Phi) is 6.35. The van der Waals surface area contributed by atoms with Gasteiger partial charge in [-0.25, -0.2) is 0 Å². The molecule has 0 radical (unpaired) electrons. The molecular formula is C17H23ClN4O. The minimum Gasteiger partial charge on any atom is -0.487 e. The lowest BCUT2D eigenvalue weighted by Crippen LogP contribution is -2.41. The molecule has 2 rings (SSSR count). The minimum absolute atomic E-state index is 0.0369. The molecule has 0 bridgehead atoms. The Labute approximate surface area is 142 Å². The first-order chi connectivity index (χ1) is 11.1. The van der Waals surface area contributed by atoms with Gasteiger partial charge in [0.15, 0.2) is 5.96 Å². The molecule has 1 heterocycles. The van der Waals surface area contributed by atoms with E-state index < -0.39 is 0 Å². The van der Waals surface area contributed by atoms with Crippen molar-refractivity contribution < 1.29 is 4.74 Å². The monoisotopic (exact) mass is 334 g/mol. The summed E-state index contributed by atoms with van der Waals surface area (Å²) in [6.07, 6.45) is 4.06. The highest BCUT2D eigenvalue weighted by Crippen LogP contribution is 2.23. The molecule has 124 valence electrons. The van der Waals surface area contributed by atoms with Crippen molar-refractivity contribution >= 4 is 17.6 Å². The SMILES string of the molecule is CN=C(NCc1ccn(C)c1)NCC(C)Oc1ccccc1Cl. The number of halogens is 1. The number of hydrogen-bond acceptors (Lipinski definition) is 2. The summed E-state index contributed by atoms with van der Waals surface area (Å²) < 4.78 is 7.85. The Morgan fingerprint density at radius 2 is 2.09 bits per heavy atom. The average molecular weight is 335 g/mol. The van der Waals surface area contributed by atoms with Gasteiger partial charge in [0.05, 0.1) is 11.6 Å². The smallest absolute Gasteiger partial charge is 0.191 e. The molecule has 1 aromatic carbocycles. The highest BCUT2D eigenvalue weighted by Gasteiger charge is 2.08. The maximum atomic E-state index is 6.09. The molecule has 2 aromatic rings. The van der Waals surface area contributed by atoms with Crippen LogP contribution in [0.15, 0.2) is 47.7 Å². The number of aromatic nitrogens is 1. The number of aliphatic imine (C=N–C) groups is 1. The second-order valence-electron chi connectivity index (χ2n) is 5.35. The van der Waals surface area contributed by atoms with Crippen LogP contribution in [0.5, 0.6) is 5.75 Å². The Balaban J connectivity index is 1.77. The van der Waals surface area contributed by atoms with Crippen LogP contribution >= 0.6 is 11.6 Å². The lowest BCUT2D eigenvalue weighted by molar-refractivity contribution is 0.224. The van der Waals surface area contributed by atoms with Crippen molar-refractivity contribution in [3.05, 3.63) is 53.3 Å². The molecular weight excluding hydrogens is 312 g/mol. The van der Waals surface area contributed by atoms with E-state index in [9.17, 15) is 0 Å². The third-order valence-electron chi connectivity index (χ3n) is 3.30. The molecule has 1 atom stereocenters. The first-order valence-electron chi connectivity index (χ1n) is 7.55. The van der Waals surface area contributed by atoms with E-state index in [2.05, 4.69) is 27.9 Å². The van der Waals surface area contributed by atoms with Crippen LogP contribution in [0, 0.1) is 0 Å². The van der Waals surface area contributed by atoms with Crippen LogP contribution in [0.3, 0.4) is 0 Å². The van der Waals surface area contributed by atoms with Crippen molar-refractivity contribution in [2.24, 2.45) is 12.0 Å². The number of nitrogens with one attached hydrogen (secondary N) is 2. The van der Waals surface area contributed by atoms with E-state index in [0.717, 1.165) is 12.5 Å². The van der Waals surface area contributed by atoms with Gasteiger partial charge in [-0.2, -0.15) is 0 Å². The average Bonchev–Trinajstić information content (AvgIpc) is 2.95. The largest absolute Gasteiger partial charge is 0.487 e.